The average molecular weight is 561 g/mol. The van der Waals surface area contributed by atoms with E-state index >= 15 is 0 Å². The monoisotopic (exact) mass is 560 g/mol. The number of hydrogen-bond acceptors (Lipinski definition) is 10. The zero-order chi connectivity index (χ0) is 29.1. The molecule has 2 aliphatic heterocycles. The smallest absolute Gasteiger partial charge is 0.340 e. The van der Waals surface area contributed by atoms with E-state index in [4.69, 9.17) is 24.9 Å². The summed E-state index contributed by atoms with van der Waals surface area (Å²) in [4.78, 5) is 40.7. The molecule has 1 saturated heterocycles. The number of nitrogens with zero attached hydrogens (tertiary/aromatic N) is 4. The molecular formula is C30H36N6O5. The first-order chi connectivity index (χ1) is 19.6. The summed E-state index contributed by atoms with van der Waals surface area (Å²) in [7, 11) is 1.61. The Kier molecular flexibility index (Phi) is 6.82. The van der Waals surface area contributed by atoms with E-state index in [2.05, 4.69) is 15.3 Å². The standard InChI is InChI=1S/C30H36N6O5/c1-15-17(3)40-29(38)19-8-9-24(35-26(15)19)34-25-10-20-21(11-32-25)27(33-12-22(20)30(4,31)14-39-5)41-23-13-36(16(23)2)28(37)18-6-7-18/h8-12,15-18,23H,6-7,13-14,31H2,1-5H3,(H,32,34,35)/t15-,16+,17-,23-,30+/m0/s1. The Morgan fingerprint density at radius 2 is 1.95 bits per heavy atom. The summed E-state index contributed by atoms with van der Waals surface area (Å²) >= 11 is 0. The number of rotatable bonds is 8. The van der Waals surface area contributed by atoms with Crippen molar-refractivity contribution >= 4 is 34.3 Å². The lowest BCUT2D eigenvalue weighted by molar-refractivity contribution is -0.148. The number of hydrogen-bond donors (Lipinski definition) is 2. The molecule has 3 N–H and O–H groups in total. The lowest BCUT2D eigenvalue weighted by Gasteiger charge is -2.45. The molecule has 1 amide bonds. The number of pyridine rings is 3. The van der Waals surface area contributed by atoms with Crippen molar-refractivity contribution in [2.45, 2.75) is 70.2 Å². The van der Waals surface area contributed by atoms with Gasteiger partial charge in [0.25, 0.3) is 0 Å². The second kappa shape index (κ2) is 10.2. The fraction of sp³-hybridized carbons (Fsp3) is 0.500. The van der Waals surface area contributed by atoms with Gasteiger partial charge in [-0.05, 0) is 57.2 Å². The van der Waals surface area contributed by atoms with Crippen LogP contribution in [0.1, 0.15) is 68.1 Å². The van der Waals surface area contributed by atoms with Crippen molar-refractivity contribution < 1.29 is 23.8 Å². The van der Waals surface area contributed by atoms with E-state index in [1.165, 1.54) is 0 Å². The van der Waals surface area contributed by atoms with Gasteiger partial charge in [-0.3, -0.25) is 4.79 Å². The molecule has 2 fully saturated rings. The van der Waals surface area contributed by atoms with Crippen LogP contribution in [0.2, 0.25) is 0 Å². The Bertz CT molecular complexity index is 1520. The van der Waals surface area contributed by atoms with E-state index < -0.39 is 5.54 Å². The van der Waals surface area contributed by atoms with Crippen LogP contribution >= 0.6 is 0 Å². The molecule has 3 aromatic heterocycles. The van der Waals surface area contributed by atoms with Crippen LogP contribution in [0.25, 0.3) is 10.8 Å². The fourth-order valence-corrected chi connectivity index (χ4v) is 5.57. The van der Waals surface area contributed by atoms with Crippen LogP contribution in [0, 0.1) is 5.92 Å². The van der Waals surface area contributed by atoms with E-state index in [1.54, 1.807) is 31.6 Å². The normalized spacial score (nSPS) is 25.1. The van der Waals surface area contributed by atoms with Gasteiger partial charge in [0.1, 0.15) is 23.8 Å². The SMILES string of the molecule is COC[C@@](C)(N)c1cnc(O[C@H]2CN(C(=O)C3CC3)[C@@H]2C)c2cnc(Nc3ccc4c(n3)[C@@H](C)[C@H](C)OC4=O)cc12. The second-order valence-corrected chi connectivity index (χ2v) is 11.8. The zero-order valence-corrected chi connectivity index (χ0v) is 24.0. The van der Waals surface area contributed by atoms with Gasteiger partial charge in [0.2, 0.25) is 11.8 Å². The molecule has 5 heterocycles. The zero-order valence-electron chi connectivity index (χ0n) is 24.0. The first-order valence-electron chi connectivity index (χ1n) is 14.1. The molecule has 0 spiro atoms. The van der Waals surface area contributed by atoms with Crippen LogP contribution in [0.5, 0.6) is 5.88 Å². The molecule has 0 bridgehead atoms. The number of methoxy groups -OCH3 is 1. The van der Waals surface area contributed by atoms with Gasteiger partial charge in [-0.2, -0.15) is 0 Å². The first-order valence-corrected chi connectivity index (χ1v) is 14.1. The number of likely N-dealkylation sites (tertiary alicyclic amines) is 1. The maximum atomic E-state index is 12.5. The van der Waals surface area contributed by atoms with Gasteiger partial charge < -0.3 is 30.2 Å². The van der Waals surface area contributed by atoms with Crippen LogP contribution in [0.3, 0.4) is 0 Å². The number of aromatic nitrogens is 3. The van der Waals surface area contributed by atoms with E-state index in [-0.39, 0.29) is 48.6 Å². The van der Waals surface area contributed by atoms with E-state index in [0.29, 0.717) is 40.7 Å². The minimum Gasteiger partial charge on any atom is -0.470 e. The average Bonchev–Trinajstić information content (AvgIpc) is 3.79. The van der Waals surface area contributed by atoms with Crippen molar-refractivity contribution in [3.8, 4) is 5.88 Å². The molecule has 3 aliphatic rings. The molecule has 11 nitrogen and oxygen atoms in total. The lowest BCUT2D eigenvalue weighted by Crippen LogP contribution is -2.63. The minimum absolute atomic E-state index is 0.0285. The number of carbonyl (C=O) groups is 2. The number of amides is 1. The summed E-state index contributed by atoms with van der Waals surface area (Å²) in [6.45, 7) is 8.58. The number of nitrogens with one attached hydrogen (secondary N) is 1. The highest BCUT2D eigenvalue weighted by atomic mass is 16.5. The number of fused-ring (bicyclic) bond motifs is 2. The summed E-state index contributed by atoms with van der Waals surface area (Å²) in [5.41, 5.74) is 7.80. The molecule has 1 saturated carbocycles. The molecular weight excluding hydrogens is 524 g/mol. The van der Waals surface area contributed by atoms with Gasteiger partial charge in [0, 0.05) is 36.9 Å². The molecule has 1 aliphatic carbocycles. The van der Waals surface area contributed by atoms with Crippen molar-refractivity contribution in [2.75, 3.05) is 25.6 Å². The molecule has 11 heteroatoms. The number of carbonyl (C=O) groups excluding carboxylic acids is 2. The molecule has 5 atom stereocenters. The van der Waals surface area contributed by atoms with E-state index in [0.717, 1.165) is 23.8 Å². The highest BCUT2D eigenvalue weighted by Gasteiger charge is 2.45. The summed E-state index contributed by atoms with van der Waals surface area (Å²) in [5.74, 6) is 1.56. The molecule has 0 aromatic carbocycles. The van der Waals surface area contributed by atoms with Crippen LogP contribution < -0.4 is 15.8 Å². The Hall–Kier alpha value is -3.83. The molecule has 6 rings (SSSR count). The Labute approximate surface area is 238 Å². The largest absolute Gasteiger partial charge is 0.470 e. The van der Waals surface area contributed by atoms with Crippen LogP contribution in [-0.2, 0) is 19.8 Å². The van der Waals surface area contributed by atoms with Crippen LogP contribution in [-0.4, -0.2) is 70.2 Å². The number of ether oxygens (including phenoxy) is 3. The van der Waals surface area contributed by atoms with Crippen LogP contribution in [0.4, 0.5) is 11.6 Å². The van der Waals surface area contributed by atoms with Crippen molar-refractivity contribution in [2.24, 2.45) is 11.7 Å². The number of nitrogens with two attached hydrogens (primary N) is 1. The minimum atomic E-state index is -0.829. The highest BCUT2D eigenvalue weighted by molar-refractivity contribution is 5.93. The fourth-order valence-electron chi connectivity index (χ4n) is 5.57. The molecule has 0 unspecified atom stereocenters. The van der Waals surface area contributed by atoms with Gasteiger partial charge in [0.05, 0.1) is 41.4 Å². The molecule has 0 radical (unpaired) electrons. The molecule has 3 aromatic rings. The van der Waals surface area contributed by atoms with Gasteiger partial charge >= 0.3 is 5.97 Å². The third kappa shape index (κ3) is 4.97. The van der Waals surface area contributed by atoms with Gasteiger partial charge in [-0.25, -0.2) is 19.7 Å². The van der Waals surface area contributed by atoms with Gasteiger partial charge in [-0.1, -0.05) is 6.92 Å². The van der Waals surface area contributed by atoms with E-state index in [1.807, 2.05) is 38.7 Å². The number of anilines is 2. The summed E-state index contributed by atoms with van der Waals surface area (Å²) < 4.78 is 17.2. The quantitative estimate of drug-likeness (QED) is 0.392. The van der Waals surface area contributed by atoms with Crippen molar-refractivity contribution in [3.05, 3.63) is 47.4 Å². The maximum absolute atomic E-state index is 12.5. The van der Waals surface area contributed by atoms with Gasteiger partial charge in [-0.15, -0.1) is 0 Å². The van der Waals surface area contributed by atoms with Crippen LogP contribution in [0.15, 0.2) is 30.6 Å². The second-order valence-electron chi connectivity index (χ2n) is 11.8. The highest BCUT2D eigenvalue weighted by Crippen LogP contribution is 2.38. The third-order valence-electron chi connectivity index (χ3n) is 8.50. The summed E-state index contributed by atoms with van der Waals surface area (Å²) in [5, 5.41) is 4.81. The predicted molar refractivity (Wildman–Crippen MR) is 152 cm³/mol. The topological polar surface area (TPSA) is 142 Å². The van der Waals surface area contributed by atoms with Crippen molar-refractivity contribution in [1.82, 2.24) is 19.9 Å². The Balaban J connectivity index is 1.31. The van der Waals surface area contributed by atoms with Gasteiger partial charge in [0.15, 0.2) is 0 Å². The summed E-state index contributed by atoms with van der Waals surface area (Å²) in [6, 6.07) is 5.33. The number of cyclic esters (lactones) is 1. The predicted octanol–water partition coefficient (Wildman–Crippen LogP) is 3.64. The Morgan fingerprint density at radius 1 is 1.17 bits per heavy atom. The number of esters is 1. The maximum Gasteiger partial charge on any atom is 0.340 e. The third-order valence-corrected chi connectivity index (χ3v) is 8.50. The molecule has 41 heavy (non-hydrogen) atoms. The summed E-state index contributed by atoms with van der Waals surface area (Å²) in [6.07, 6.45) is 4.98. The van der Waals surface area contributed by atoms with E-state index in [9.17, 15) is 9.59 Å². The Morgan fingerprint density at radius 3 is 2.66 bits per heavy atom. The van der Waals surface area contributed by atoms with Crippen molar-refractivity contribution in [1.29, 1.82) is 0 Å². The first kappa shape index (κ1) is 27.3. The lowest BCUT2D eigenvalue weighted by atomic mass is 9.91. The van der Waals surface area contributed by atoms with Crippen molar-refractivity contribution in [3.63, 3.8) is 0 Å². The molecule has 216 valence electrons.